The molecule has 0 atom stereocenters. The van der Waals surface area contributed by atoms with Gasteiger partial charge in [-0.15, -0.1) is 0 Å². The van der Waals surface area contributed by atoms with Crippen LogP contribution < -0.4 is 4.90 Å². The number of carbonyl (C=O) groups is 1. The molecule has 1 amide bonds. The first-order chi connectivity index (χ1) is 12.2. The Labute approximate surface area is 155 Å². The Morgan fingerprint density at radius 3 is 2.48 bits per heavy atom. The van der Waals surface area contributed by atoms with Crippen LogP contribution in [0, 0.1) is 5.92 Å². The van der Waals surface area contributed by atoms with Gasteiger partial charge in [-0.3, -0.25) is 4.79 Å². The van der Waals surface area contributed by atoms with E-state index in [0.717, 1.165) is 43.2 Å². The molecule has 1 aliphatic rings. The van der Waals surface area contributed by atoms with Crippen molar-refractivity contribution in [1.29, 1.82) is 0 Å². The molecule has 1 fully saturated rings. The van der Waals surface area contributed by atoms with Gasteiger partial charge in [0, 0.05) is 42.8 Å². The summed E-state index contributed by atoms with van der Waals surface area (Å²) < 4.78 is 0. The van der Waals surface area contributed by atoms with Crippen molar-refractivity contribution in [3.05, 3.63) is 65.2 Å². The summed E-state index contributed by atoms with van der Waals surface area (Å²) in [4.78, 5) is 17.2. The average Bonchev–Trinajstić information content (AvgIpc) is 2.66. The van der Waals surface area contributed by atoms with E-state index in [9.17, 15) is 4.79 Å². The van der Waals surface area contributed by atoms with Crippen LogP contribution in [-0.2, 0) is 11.3 Å². The third kappa shape index (κ3) is 4.55. The summed E-state index contributed by atoms with van der Waals surface area (Å²) in [6.07, 6.45) is 1.80. The van der Waals surface area contributed by atoms with E-state index in [1.165, 1.54) is 5.56 Å². The summed E-state index contributed by atoms with van der Waals surface area (Å²) in [7, 11) is 0. The van der Waals surface area contributed by atoms with E-state index in [4.69, 9.17) is 11.6 Å². The van der Waals surface area contributed by atoms with Gasteiger partial charge in [-0.05, 0) is 43.5 Å². The van der Waals surface area contributed by atoms with Gasteiger partial charge in [0.1, 0.15) is 0 Å². The number of piperidine rings is 1. The Morgan fingerprint density at radius 1 is 1.12 bits per heavy atom. The second kappa shape index (κ2) is 8.39. The minimum Gasteiger partial charge on any atom is -0.371 e. The quantitative estimate of drug-likeness (QED) is 0.781. The Balaban J connectivity index is 1.58. The summed E-state index contributed by atoms with van der Waals surface area (Å²) in [5.41, 5.74) is 2.34. The van der Waals surface area contributed by atoms with Gasteiger partial charge in [0.25, 0.3) is 0 Å². The van der Waals surface area contributed by atoms with Crippen molar-refractivity contribution in [3.8, 4) is 0 Å². The molecule has 3 rings (SSSR count). The van der Waals surface area contributed by atoms with E-state index in [1.54, 1.807) is 0 Å². The van der Waals surface area contributed by atoms with Crippen LogP contribution in [0.1, 0.15) is 25.3 Å². The molecule has 4 heteroatoms. The van der Waals surface area contributed by atoms with Crippen LogP contribution in [0.4, 0.5) is 5.69 Å². The minimum atomic E-state index is 0.124. The van der Waals surface area contributed by atoms with Gasteiger partial charge in [0.15, 0.2) is 0 Å². The van der Waals surface area contributed by atoms with Gasteiger partial charge < -0.3 is 9.80 Å². The predicted octanol–water partition coefficient (Wildman–Crippen LogP) is 4.61. The largest absolute Gasteiger partial charge is 0.371 e. The van der Waals surface area contributed by atoms with Crippen LogP contribution in [0.3, 0.4) is 0 Å². The number of hydrogen-bond donors (Lipinski definition) is 0. The molecule has 2 aromatic carbocycles. The molecular weight excluding hydrogens is 332 g/mol. The van der Waals surface area contributed by atoms with Gasteiger partial charge in [-0.2, -0.15) is 0 Å². The molecule has 0 radical (unpaired) electrons. The normalized spacial score (nSPS) is 15.2. The first kappa shape index (κ1) is 17.8. The first-order valence-electron chi connectivity index (χ1n) is 9.00. The lowest BCUT2D eigenvalue weighted by Gasteiger charge is -2.35. The number of rotatable bonds is 5. The maximum atomic E-state index is 12.9. The Bertz CT molecular complexity index is 696. The molecular formula is C21H25ClN2O. The molecule has 0 saturated carbocycles. The van der Waals surface area contributed by atoms with Gasteiger partial charge >= 0.3 is 0 Å². The molecule has 3 nitrogen and oxygen atoms in total. The lowest BCUT2D eigenvalue weighted by molar-refractivity contribution is -0.136. The van der Waals surface area contributed by atoms with Gasteiger partial charge in [0.2, 0.25) is 5.91 Å². The van der Waals surface area contributed by atoms with Crippen LogP contribution in [0.25, 0.3) is 0 Å². The van der Waals surface area contributed by atoms with Crippen molar-refractivity contribution in [3.63, 3.8) is 0 Å². The van der Waals surface area contributed by atoms with Crippen molar-refractivity contribution in [2.75, 3.05) is 24.5 Å². The highest BCUT2D eigenvalue weighted by Gasteiger charge is 2.28. The summed E-state index contributed by atoms with van der Waals surface area (Å²) in [6.45, 7) is 5.31. The second-order valence-corrected chi connectivity index (χ2v) is 7.02. The highest BCUT2D eigenvalue weighted by atomic mass is 35.5. The van der Waals surface area contributed by atoms with E-state index < -0.39 is 0 Å². The number of benzene rings is 2. The summed E-state index contributed by atoms with van der Waals surface area (Å²) in [5, 5.41) is 0.760. The molecule has 0 spiro atoms. The van der Waals surface area contributed by atoms with E-state index in [1.807, 2.05) is 41.3 Å². The number of nitrogens with zero attached hydrogens (tertiary/aromatic N) is 2. The number of halogens is 1. The molecule has 1 heterocycles. The fourth-order valence-corrected chi connectivity index (χ4v) is 3.65. The zero-order valence-corrected chi connectivity index (χ0v) is 15.5. The molecule has 0 aliphatic carbocycles. The van der Waals surface area contributed by atoms with Crippen LogP contribution in [0.5, 0.6) is 0 Å². The van der Waals surface area contributed by atoms with E-state index >= 15 is 0 Å². The molecule has 1 aliphatic heterocycles. The smallest absolute Gasteiger partial charge is 0.226 e. The number of carbonyl (C=O) groups excluding carboxylic acids is 1. The highest BCUT2D eigenvalue weighted by molar-refractivity contribution is 6.30. The van der Waals surface area contributed by atoms with Gasteiger partial charge in [-0.1, -0.05) is 48.0 Å². The third-order valence-electron chi connectivity index (χ3n) is 4.93. The lowest BCUT2D eigenvalue weighted by Crippen LogP contribution is -2.42. The summed E-state index contributed by atoms with van der Waals surface area (Å²) in [5.74, 6) is 0.413. The highest BCUT2D eigenvalue weighted by Crippen LogP contribution is 2.26. The molecule has 132 valence electrons. The minimum absolute atomic E-state index is 0.124. The van der Waals surface area contributed by atoms with E-state index in [-0.39, 0.29) is 11.8 Å². The van der Waals surface area contributed by atoms with Crippen molar-refractivity contribution in [1.82, 2.24) is 4.90 Å². The second-order valence-electron chi connectivity index (χ2n) is 6.58. The zero-order valence-electron chi connectivity index (χ0n) is 14.7. The van der Waals surface area contributed by atoms with Crippen molar-refractivity contribution in [2.45, 2.75) is 26.3 Å². The maximum Gasteiger partial charge on any atom is 0.226 e. The fraction of sp³-hybridized carbons (Fsp3) is 0.381. The molecule has 2 aromatic rings. The van der Waals surface area contributed by atoms with Gasteiger partial charge in [-0.25, -0.2) is 0 Å². The van der Waals surface area contributed by atoms with E-state index in [2.05, 4.69) is 30.0 Å². The standard InChI is InChI=1S/C21H25ClN2O/c1-2-23(16-17-7-4-3-5-8-17)21(25)18-11-13-24(14-12-18)20-10-6-9-19(22)15-20/h3-10,15,18H,2,11-14,16H2,1H3. The Kier molecular flexibility index (Phi) is 5.98. The first-order valence-corrected chi connectivity index (χ1v) is 9.38. The topological polar surface area (TPSA) is 23.6 Å². The molecule has 0 unspecified atom stereocenters. The molecule has 1 saturated heterocycles. The van der Waals surface area contributed by atoms with Crippen LogP contribution >= 0.6 is 11.6 Å². The third-order valence-corrected chi connectivity index (χ3v) is 5.16. The number of anilines is 1. The van der Waals surface area contributed by atoms with Crippen LogP contribution in [0.2, 0.25) is 5.02 Å². The molecule has 25 heavy (non-hydrogen) atoms. The number of hydrogen-bond acceptors (Lipinski definition) is 2. The van der Waals surface area contributed by atoms with Gasteiger partial charge in [0.05, 0.1) is 0 Å². The summed E-state index contributed by atoms with van der Waals surface area (Å²) >= 11 is 6.09. The average molecular weight is 357 g/mol. The van der Waals surface area contributed by atoms with Crippen molar-refractivity contribution in [2.24, 2.45) is 5.92 Å². The zero-order chi connectivity index (χ0) is 17.6. The lowest BCUT2D eigenvalue weighted by atomic mass is 9.94. The van der Waals surface area contributed by atoms with E-state index in [0.29, 0.717) is 6.54 Å². The Morgan fingerprint density at radius 2 is 1.84 bits per heavy atom. The molecule has 0 bridgehead atoms. The fourth-order valence-electron chi connectivity index (χ4n) is 3.47. The molecule has 0 N–H and O–H groups in total. The summed E-state index contributed by atoms with van der Waals surface area (Å²) in [6, 6.07) is 18.2. The maximum absolute atomic E-state index is 12.9. The van der Waals surface area contributed by atoms with Crippen molar-refractivity contribution < 1.29 is 4.79 Å². The monoisotopic (exact) mass is 356 g/mol. The van der Waals surface area contributed by atoms with Crippen LogP contribution in [0.15, 0.2) is 54.6 Å². The van der Waals surface area contributed by atoms with Crippen molar-refractivity contribution >= 4 is 23.2 Å². The van der Waals surface area contributed by atoms with Crippen LogP contribution in [-0.4, -0.2) is 30.4 Å². The predicted molar refractivity (Wildman–Crippen MR) is 104 cm³/mol. The Hall–Kier alpha value is -2.00. The molecule has 0 aromatic heterocycles. The SMILES string of the molecule is CCN(Cc1ccccc1)C(=O)C1CCN(c2cccc(Cl)c2)CC1. The number of amides is 1.